The molecule has 1 nitrogen and oxygen atoms in total. The summed E-state index contributed by atoms with van der Waals surface area (Å²) in [4.78, 5) is 4.22. The standard InChI is InChI=1S/C12H10BrF2NS/c1-7-16-11(6-17-7)9(13)5-8-3-2-4-10(14)12(8)15/h2-4,6,9H,5H2,1H3. The maximum Gasteiger partial charge on any atom is 0.162 e. The fourth-order valence-corrected chi connectivity index (χ4v) is 2.95. The Morgan fingerprint density at radius 3 is 2.82 bits per heavy atom. The van der Waals surface area contributed by atoms with Gasteiger partial charge in [0.25, 0.3) is 0 Å². The number of rotatable bonds is 3. The quantitative estimate of drug-likeness (QED) is 0.764. The van der Waals surface area contributed by atoms with Crippen LogP contribution in [0.2, 0.25) is 0 Å². The van der Waals surface area contributed by atoms with Crippen molar-refractivity contribution in [3.8, 4) is 0 Å². The van der Waals surface area contributed by atoms with E-state index in [0.29, 0.717) is 12.0 Å². The molecule has 1 heterocycles. The van der Waals surface area contributed by atoms with Gasteiger partial charge in [-0.2, -0.15) is 0 Å². The molecule has 0 aliphatic rings. The summed E-state index contributed by atoms with van der Waals surface area (Å²) < 4.78 is 26.5. The number of thiazole rings is 1. The van der Waals surface area contributed by atoms with Gasteiger partial charge in [-0.05, 0) is 25.0 Å². The fourth-order valence-electron chi connectivity index (χ4n) is 1.53. The molecule has 1 unspecified atom stereocenters. The summed E-state index contributed by atoms with van der Waals surface area (Å²) in [6.45, 7) is 1.91. The highest BCUT2D eigenvalue weighted by Crippen LogP contribution is 2.29. The number of aryl methyl sites for hydroxylation is 1. The van der Waals surface area contributed by atoms with Crippen molar-refractivity contribution in [2.75, 3.05) is 0 Å². The van der Waals surface area contributed by atoms with Crippen LogP contribution in [0.4, 0.5) is 8.78 Å². The minimum Gasteiger partial charge on any atom is -0.245 e. The number of aromatic nitrogens is 1. The first-order valence-corrected chi connectivity index (χ1v) is 6.86. The SMILES string of the molecule is Cc1nc(C(Br)Cc2cccc(F)c2F)cs1. The molecule has 90 valence electrons. The molecule has 0 spiro atoms. The Bertz CT molecular complexity index is 527. The van der Waals surface area contributed by atoms with Crippen LogP contribution in [-0.4, -0.2) is 4.98 Å². The summed E-state index contributed by atoms with van der Waals surface area (Å²) in [6, 6.07) is 4.22. The first-order valence-electron chi connectivity index (χ1n) is 5.07. The molecule has 0 saturated carbocycles. The number of benzene rings is 1. The fraction of sp³-hybridized carbons (Fsp3) is 0.250. The number of nitrogens with zero attached hydrogens (tertiary/aromatic N) is 1. The first-order chi connectivity index (χ1) is 8.08. The molecule has 0 fully saturated rings. The molecular formula is C12H10BrF2NS. The van der Waals surface area contributed by atoms with E-state index in [-0.39, 0.29) is 4.83 Å². The number of halogens is 3. The zero-order valence-electron chi connectivity index (χ0n) is 9.08. The molecule has 5 heteroatoms. The van der Waals surface area contributed by atoms with Crippen molar-refractivity contribution < 1.29 is 8.78 Å². The first kappa shape index (κ1) is 12.6. The summed E-state index contributed by atoms with van der Waals surface area (Å²) in [5.41, 5.74) is 1.22. The highest BCUT2D eigenvalue weighted by atomic mass is 79.9. The van der Waals surface area contributed by atoms with Gasteiger partial charge < -0.3 is 0 Å². The van der Waals surface area contributed by atoms with E-state index in [0.717, 1.165) is 16.8 Å². The second-order valence-corrected chi connectivity index (χ2v) is 5.84. The van der Waals surface area contributed by atoms with Crippen LogP contribution in [0.25, 0.3) is 0 Å². The predicted octanol–water partition coefficient (Wildman–Crippen LogP) is 4.41. The van der Waals surface area contributed by atoms with Gasteiger partial charge in [0.2, 0.25) is 0 Å². The molecule has 17 heavy (non-hydrogen) atoms. The molecule has 1 aromatic heterocycles. The summed E-state index contributed by atoms with van der Waals surface area (Å²) in [7, 11) is 0. The lowest BCUT2D eigenvalue weighted by Crippen LogP contribution is -2.00. The Morgan fingerprint density at radius 2 is 2.18 bits per heavy atom. The van der Waals surface area contributed by atoms with Crippen molar-refractivity contribution in [2.45, 2.75) is 18.2 Å². The monoisotopic (exact) mass is 317 g/mol. The smallest absolute Gasteiger partial charge is 0.162 e. The van der Waals surface area contributed by atoms with Gasteiger partial charge in [-0.25, -0.2) is 13.8 Å². The molecule has 2 rings (SSSR count). The second kappa shape index (κ2) is 5.23. The lowest BCUT2D eigenvalue weighted by atomic mass is 10.1. The van der Waals surface area contributed by atoms with Gasteiger partial charge in [0.15, 0.2) is 11.6 Å². The van der Waals surface area contributed by atoms with Gasteiger partial charge in [-0.3, -0.25) is 0 Å². The molecule has 1 aromatic carbocycles. The molecule has 0 bridgehead atoms. The van der Waals surface area contributed by atoms with E-state index in [2.05, 4.69) is 20.9 Å². The van der Waals surface area contributed by atoms with E-state index in [1.165, 1.54) is 6.07 Å². The van der Waals surface area contributed by atoms with Crippen LogP contribution < -0.4 is 0 Å². The summed E-state index contributed by atoms with van der Waals surface area (Å²) >= 11 is 4.99. The van der Waals surface area contributed by atoms with Crippen LogP contribution >= 0.6 is 27.3 Å². The molecule has 0 aliphatic heterocycles. The number of hydrogen-bond donors (Lipinski definition) is 0. The lowest BCUT2D eigenvalue weighted by molar-refractivity contribution is 0.498. The Labute approximate surface area is 111 Å². The average Bonchev–Trinajstić information content (AvgIpc) is 2.72. The Hall–Kier alpha value is -0.810. The topological polar surface area (TPSA) is 12.9 Å². The van der Waals surface area contributed by atoms with E-state index >= 15 is 0 Å². The minimum atomic E-state index is -0.809. The summed E-state index contributed by atoms with van der Waals surface area (Å²) in [5.74, 6) is -1.58. The molecule has 0 N–H and O–H groups in total. The van der Waals surface area contributed by atoms with Crippen molar-refractivity contribution in [3.63, 3.8) is 0 Å². The third-order valence-electron chi connectivity index (χ3n) is 2.39. The van der Waals surface area contributed by atoms with Crippen molar-refractivity contribution >= 4 is 27.3 Å². The van der Waals surface area contributed by atoms with Gasteiger partial charge in [0.05, 0.1) is 15.5 Å². The molecular weight excluding hydrogens is 308 g/mol. The highest BCUT2D eigenvalue weighted by Gasteiger charge is 2.15. The van der Waals surface area contributed by atoms with Crippen molar-refractivity contribution in [1.82, 2.24) is 4.98 Å². The van der Waals surface area contributed by atoms with Crippen LogP contribution in [0.1, 0.15) is 21.1 Å². The van der Waals surface area contributed by atoms with Crippen LogP contribution in [0, 0.1) is 18.6 Å². The third-order valence-corrected chi connectivity index (χ3v) is 3.97. The van der Waals surface area contributed by atoms with Crippen LogP contribution in [0.3, 0.4) is 0 Å². The van der Waals surface area contributed by atoms with E-state index in [1.807, 2.05) is 12.3 Å². The lowest BCUT2D eigenvalue weighted by Gasteiger charge is -2.08. The zero-order chi connectivity index (χ0) is 12.4. The number of alkyl halides is 1. The van der Waals surface area contributed by atoms with Gasteiger partial charge >= 0.3 is 0 Å². The second-order valence-electron chi connectivity index (χ2n) is 3.68. The van der Waals surface area contributed by atoms with Crippen LogP contribution in [-0.2, 0) is 6.42 Å². The van der Waals surface area contributed by atoms with E-state index in [4.69, 9.17) is 0 Å². The Morgan fingerprint density at radius 1 is 1.41 bits per heavy atom. The van der Waals surface area contributed by atoms with E-state index in [1.54, 1.807) is 17.4 Å². The third kappa shape index (κ3) is 2.90. The van der Waals surface area contributed by atoms with E-state index < -0.39 is 11.6 Å². The molecule has 2 aromatic rings. The van der Waals surface area contributed by atoms with Crippen LogP contribution in [0.5, 0.6) is 0 Å². The minimum absolute atomic E-state index is 0.0938. The Kier molecular flexibility index (Phi) is 3.89. The van der Waals surface area contributed by atoms with Crippen molar-refractivity contribution in [1.29, 1.82) is 0 Å². The van der Waals surface area contributed by atoms with Crippen molar-refractivity contribution in [3.05, 3.63) is 51.5 Å². The maximum atomic E-state index is 13.5. The predicted molar refractivity (Wildman–Crippen MR) is 68.6 cm³/mol. The van der Waals surface area contributed by atoms with Gasteiger partial charge in [-0.1, -0.05) is 28.1 Å². The Balaban J connectivity index is 2.18. The van der Waals surface area contributed by atoms with E-state index in [9.17, 15) is 8.78 Å². The highest BCUT2D eigenvalue weighted by molar-refractivity contribution is 9.09. The largest absolute Gasteiger partial charge is 0.245 e. The molecule has 0 amide bonds. The zero-order valence-corrected chi connectivity index (χ0v) is 11.5. The van der Waals surface area contributed by atoms with Gasteiger partial charge in [0.1, 0.15) is 0 Å². The maximum absolute atomic E-state index is 13.5. The molecule has 0 aliphatic carbocycles. The average molecular weight is 318 g/mol. The van der Waals surface area contributed by atoms with Gasteiger partial charge in [0, 0.05) is 5.38 Å². The molecule has 1 atom stereocenters. The van der Waals surface area contributed by atoms with Crippen molar-refractivity contribution in [2.24, 2.45) is 0 Å². The van der Waals surface area contributed by atoms with Gasteiger partial charge in [-0.15, -0.1) is 11.3 Å². The number of hydrogen-bond acceptors (Lipinski definition) is 2. The molecule has 0 radical (unpaired) electrons. The van der Waals surface area contributed by atoms with Crippen LogP contribution in [0.15, 0.2) is 23.6 Å². The summed E-state index contributed by atoms with van der Waals surface area (Å²) in [6.07, 6.45) is 0.382. The summed E-state index contributed by atoms with van der Waals surface area (Å²) in [5, 5.41) is 2.88. The molecule has 0 saturated heterocycles. The normalized spacial score (nSPS) is 12.7.